The molecule has 0 aromatic carbocycles. The van der Waals surface area contributed by atoms with Crippen molar-refractivity contribution in [1.29, 1.82) is 0 Å². The second-order valence-corrected chi connectivity index (χ2v) is 8.47. The van der Waals surface area contributed by atoms with Gasteiger partial charge in [-0.2, -0.15) is 15.0 Å². The fraction of sp³-hybridized carbons (Fsp3) is 0.650. The average Bonchev–Trinajstić information content (AvgIpc) is 3.32. The molecule has 2 aliphatic heterocycles. The lowest BCUT2D eigenvalue weighted by Crippen LogP contribution is -2.63. The van der Waals surface area contributed by atoms with Crippen molar-refractivity contribution in [1.82, 2.24) is 35.2 Å². The van der Waals surface area contributed by atoms with Crippen LogP contribution in [0.25, 0.3) is 0 Å². The largest absolute Gasteiger partial charge is 0.355 e. The Hall–Kier alpha value is -2.55. The third kappa shape index (κ3) is 3.96. The van der Waals surface area contributed by atoms with Gasteiger partial charge in [0, 0.05) is 31.4 Å². The van der Waals surface area contributed by atoms with Crippen LogP contribution in [-0.4, -0.2) is 74.0 Å². The van der Waals surface area contributed by atoms with Gasteiger partial charge in [-0.15, -0.1) is 0 Å². The van der Waals surface area contributed by atoms with Crippen LogP contribution in [-0.2, 0) is 11.3 Å². The molecule has 4 heterocycles. The molecule has 2 fully saturated rings. The van der Waals surface area contributed by atoms with Crippen LogP contribution in [0.1, 0.15) is 44.7 Å². The van der Waals surface area contributed by atoms with Crippen molar-refractivity contribution in [3.63, 3.8) is 0 Å². The van der Waals surface area contributed by atoms with E-state index in [-0.39, 0.29) is 24.0 Å². The zero-order valence-electron chi connectivity index (χ0n) is 17.5. The van der Waals surface area contributed by atoms with Gasteiger partial charge >= 0.3 is 0 Å². The summed E-state index contributed by atoms with van der Waals surface area (Å²) in [5.74, 6) is 1.31. The predicted molar refractivity (Wildman–Crippen MR) is 109 cm³/mol. The number of hydrogen-bond donors (Lipinski definition) is 1. The number of carbonyl (C=O) groups excluding carboxylic acids is 1. The van der Waals surface area contributed by atoms with E-state index < -0.39 is 0 Å². The summed E-state index contributed by atoms with van der Waals surface area (Å²) in [5.41, 5.74) is 0.972. The van der Waals surface area contributed by atoms with E-state index in [4.69, 9.17) is 0 Å². The van der Waals surface area contributed by atoms with Gasteiger partial charge in [0.15, 0.2) is 0 Å². The van der Waals surface area contributed by atoms with E-state index in [0.29, 0.717) is 5.92 Å². The Morgan fingerprint density at radius 1 is 1.28 bits per heavy atom. The first-order valence-electron chi connectivity index (χ1n) is 10.4. The maximum absolute atomic E-state index is 12.6. The minimum Gasteiger partial charge on any atom is -0.355 e. The van der Waals surface area contributed by atoms with E-state index in [1.807, 2.05) is 0 Å². The molecule has 2 atom stereocenters. The number of amides is 1. The summed E-state index contributed by atoms with van der Waals surface area (Å²) < 4.78 is 0. The van der Waals surface area contributed by atoms with Crippen molar-refractivity contribution in [2.75, 3.05) is 31.6 Å². The Kier molecular flexibility index (Phi) is 5.49. The standard InChI is InChI=1S/C20H30N8O/c1-15(2)16-11-18(22-14-21-16)27-9-4-6-20(13-27)17(5-10-26(20)3)25-19(29)12-28-23-7-8-24-28/h7-8,11,14-15,17H,4-6,9-10,12-13H2,1-3H3,(H,25,29). The zero-order valence-corrected chi connectivity index (χ0v) is 17.5. The highest BCUT2D eigenvalue weighted by molar-refractivity contribution is 5.76. The number of nitrogens with one attached hydrogen (secondary N) is 1. The Bertz CT molecular complexity index is 839. The Balaban J connectivity index is 1.51. The first-order chi connectivity index (χ1) is 14.0. The fourth-order valence-corrected chi connectivity index (χ4v) is 4.69. The van der Waals surface area contributed by atoms with Gasteiger partial charge in [0.05, 0.1) is 24.0 Å². The summed E-state index contributed by atoms with van der Waals surface area (Å²) in [6.07, 6.45) is 7.92. The number of anilines is 1. The lowest BCUT2D eigenvalue weighted by molar-refractivity contribution is -0.123. The number of piperidine rings is 1. The number of likely N-dealkylation sites (tertiary alicyclic amines) is 1. The molecule has 2 aromatic rings. The second kappa shape index (κ2) is 8.06. The average molecular weight is 399 g/mol. The Morgan fingerprint density at radius 3 is 2.83 bits per heavy atom. The molecular weight excluding hydrogens is 368 g/mol. The molecule has 2 saturated heterocycles. The zero-order chi connectivity index (χ0) is 20.4. The summed E-state index contributed by atoms with van der Waals surface area (Å²) in [5, 5.41) is 11.3. The third-order valence-corrected chi connectivity index (χ3v) is 6.34. The summed E-state index contributed by atoms with van der Waals surface area (Å²) in [7, 11) is 2.17. The fourth-order valence-electron chi connectivity index (χ4n) is 4.69. The molecule has 4 rings (SSSR count). The molecule has 29 heavy (non-hydrogen) atoms. The van der Waals surface area contributed by atoms with Crippen molar-refractivity contribution >= 4 is 11.7 Å². The number of hydrogen-bond acceptors (Lipinski definition) is 7. The molecule has 0 aliphatic carbocycles. The molecule has 156 valence electrons. The van der Waals surface area contributed by atoms with Gasteiger partial charge in [-0.3, -0.25) is 9.69 Å². The molecule has 2 aromatic heterocycles. The van der Waals surface area contributed by atoms with E-state index >= 15 is 0 Å². The van der Waals surface area contributed by atoms with Crippen LogP contribution in [0.3, 0.4) is 0 Å². The number of aromatic nitrogens is 5. The summed E-state index contributed by atoms with van der Waals surface area (Å²) in [4.78, 5) is 27.8. The van der Waals surface area contributed by atoms with Gasteiger partial charge in [-0.25, -0.2) is 9.97 Å². The van der Waals surface area contributed by atoms with Crippen LogP contribution < -0.4 is 10.2 Å². The van der Waals surface area contributed by atoms with Crippen molar-refractivity contribution < 1.29 is 4.79 Å². The van der Waals surface area contributed by atoms with E-state index in [9.17, 15) is 4.79 Å². The molecule has 1 spiro atoms. The van der Waals surface area contributed by atoms with Crippen LogP contribution in [0.5, 0.6) is 0 Å². The van der Waals surface area contributed by atoms with Crippen molar-refractivity contribution in [2.45, 2.75) is 57.2 Å². The van der Waals surface area contributed by atoms with Crippen LogP contribution in [0.15, 0.2) is 24.8 Å². The molecule has 2 unspecified atom stereocenters. The predicted octanol–water partition coefficient (Wildman–Crippen LogP) is 1.05. The van der Waals surface area contributed by atoms with Crippen LogP contribution in [0, 0.1) is 0 Å². The maximum atomic E-state index is 12.6. The lowest BCUT2D eigenvalue weighted by atomic mass is 9.82. The van der Waals surface area contributed by atoms with Crippen molar-refractivity contribution in [3.8, 4) is 0 Å². The van der Waals surface area contributed by atoms with E-state index in [1.54, 1.807) is 18.7 Å². The van der Waals surface area contributed by atoms with Gasteiger partial charge in [-0.05, 0) is 32.2 Å². The molecule has 1 amide bonds. The molecule has 0 radical (unpaired) electrons. The summed E-state index contributed by atoms with van der Waals surface area (Å²) in [6, 6.07) is 2.21. The molecule has 9 heteroatoms. The van der Waals surface area contributed by atoms with Gasteiger partial charge in [0.25, 0.3) is 0 Å². The minimum atomic E-state index is -0.0889. The SMILES string of the molecule is CC(C)c1cc(N2CCCC3(C2)C(NC(=O)Cn2nccn2)CCN3C)ncn1. The second-order valence-electron chi connectivity index (χ2n) is 8.47. The molecule has 9 nitrogen and oxygen atoms in total. The minimum absolute atomic E-state index is 0.0397. The highest BCUT2D eigenvalue weighted by atomic mass is 16.2. The number of likely N-dealkylation sites (N-methyl/N-ethyl adjacent to an activating group) is 1. The van der Waals surface area contributed by atoms with E-state index in [2.05, 4.69) is 62.2 Å². The van der Waals surface area contributed by atoms with Crippen LogP contribution >= 0.6 is 0 Å². The Labute approximate surface area is 171 Å². The van der Waals surface area contributed by atoms with E-state index in [0.717, 1.165) is 50.4 Å². The normalized spacial score (nSPS) is 25.1. The number of nitrogens with zero attached hydrogens (tertiary/aromatic N) is 7. The smallest absolute Gasteiger partial charge is 0.243 e. The first kappa shape index (κ1) is 19.8. The lowest BCUT2D eigenvalue weighted by Gasteiger charge is -2.48. The Morgan fingerprint density at radius 2 is 2.07 bits per heavy atom. The van der Waals surface area contributed by atoms with Crippen molar-refractivity contribution in [2.24, 2.45) is 0 Å². The van der Waals surface area contributed by atoms with E-state index in [1.165, 1.54) is 4.80 Å². The molecule has 1 N–H and O–H groups in total. The first-order valence-corrected chi connectivity index (χ1v) is 10.4. The molecule has 0 saturated carbocycles. The number of rotatable bonds is 5. The topological polar surface area (TPSA) is 92.1 Å². The van der Waals surface area contributed by atoms with Gasteiger partial charge in [-0.1, -0.05) is 13.8 Å². The molecule has 0 bridgehead atoms. The third-order valence-electron chi connectivity index (χ3n) is 6.34. The highest BCUT2D eigenvalue weighted by Gasteiger charge is 2.50. The quantitative estimate of drug-likeness (QED) is 0.805. The molecular formula is C20H30N8O. The highest BCUT2D eigenvalue weighted by Crippen LogP contribution is 2.37. The van der Waals surface area contributed by atoms with Crippen molar-refractivity contribution in [3.05, 3.63) is 30.5 Å². The summed E-state index contributed by atoms with van der Waals surface area (Å²) in [6.45, 7) is 7.24. The van der Waals surface area contributed by atoms with Gasteiger partial charge in [0.2, 0.25) is 5.91 Å². The monoisotopic (exact) mass is 398 g/mol. The van der Waals surface area contributed by atoms with Crippen LogP contribution in [0.4, 0.5) is 5.82 Å². The van der Waals surface area contributed by atoms with Gasteiger partial charge < -0.3 is 10.2 Å². The van der Waals surface area contributed by atoms with Crippen LogP contribution in [0.2, 0.25) is 0 Å². The maximum Gasteiger partial charge on any atom is 0.243 e. The number of carbonyl (C=O) groups is 1. The summed E-state index contributed by atoms with van der Waals surface area (Å²) >= 11 is 0. The van der Waals surface area contributed by atoms with Gasteiger partial charge in [0.1, 0.15) is 18.7 Å². The molecule has 2 aliphatic rings.